The normalized spacial score (nSPS) is 22.7. The fraction of sp³-hybridized carbons (Fsp3) is 0.333. The maximum absolute atomic E-state index is 14.4. The molecule has 0 saturated carbocycles. The van der Waals surface area contributed by atoms with E-state index in [1.54, 1.807) is 0 Å². The van der Waals surface area contributed by atoms with Crippen LogP contribution < -0.4 is 29.8 Å². The standard InChI is InChI=1S/C24H25F2N2O11P/c1-34-14-3-7-16(8-4-14)38-40(33,39-17-9-5-15(35-2)6-10-17)36-13-24(22(25)26)20(31)19(30)21(37-24)28-12-11-18(29)27-23(28)32/h3-12,19-22,30-31H,13H2,1-2H3,(H,27,29,32). The number of phosphoric acid groups is 1. The summed E-state index contributed by atoms with van der Waals surface area (Å²) in [7, 11) is -1.95. The van der Waals surface area contributed by atoms with E-state index >= 15 is 0 Å². The van der Waals surface area contributed by atoms with Crippen LogP contribution in [0.15, 0.2) is 70.4 Å². The van der Waals surface area contributed by atoms with Gasteiger partial charge in [0.05, 0.1) is 20.8 Å². The van der Waals surface area contributed by atoms with Gasteiger partial charge >= 0.3 is 13.5 Å². The Morgan fingerprint density at radius 1 is 0.950 bits per heavy atom. The highest BCUT2D eigenvalue weighted by Crippen LogP contribution is 2.52. The SMILES string of the molecule is COc1ccc(OP(=O)(OCC2(C(F)F)OC(n3ccc(=O)[nH]c3=O)C(O)C2O)Oc2ccc(OC)cc2)cc1. The monoisotopic (exact) mass is 586 g/mol. The summed E-state index contributed by atoms with van der Waals surface area (Å²) in [6.45, 7) is -1.32. The molecule has 0 radical (unpaired) electrons. The number of phosphoric ester groups is 1. The van der Waals surface area contributed by atoms with E-state index in [9.17, 15) is 33.1 Å². The highest BCUT2D eigenvalue weighted by atomic mass is 31.2. The van der Waals surface area contributed by atoms with Crippen molar-refractivity contribution in [3.8, 4) is 23.0 Å². The van der Waals surface area contributed by atoms with Crippen LogP contribution >= 0.6 is 7.82 Å². The second-order valence-electron chi connectivity index (χ2n) is 8.47. The van der Waals surface area contributed by atoms with E-state index in [1.807, 2.05) is 4.98 Å². The molecule has 0 aliphatic carbocycles. The summed E-state index contributed by atoms with van der Waals surface area (Å²) in [6.07, 6.45) is -8.91. The number of aromatic nitrogens is 2. The van der Waals surface area contributed by atoms with E-state index in [0.29, 0.717) is 16.1 Å². The Bertz CT molecular complexity index is 1410. The number of nitrogens with one attached hydrogen (secondary N) is 1. The lowest BCUT2D eigenvalue weighted by atomic mass is 9.96. The second-order valence-corrected chi connectivity index (χ2v) is 9.99. The van der Waals surface area contributed by atoms with Crippen molar-refractivity contribution in [3.05, 3.63) is 81.6 Å². The summed E-state index contributed by atoms with van der Waals surface area (Å²) in [5.74, 6) is 0.787. The minimum absolute atomic E-state index is 0.0469. The Morgan fingerprint density at radius 2 is 1.45 bits per heavy atom. The molecule has 0 amide bonds. The average Bonchev–Trinajstić information content (AvgIpc) is 3.19. The fourth-order valence-corrected chi connectivity index (χ4v) is 5.07. The van der Waals surface area contributed by atoms with Crippen LogP contribution in [-0.2, 0) is 13.8 Å². The number of rotatable bonds is 11. The van der Waals surface area contributed by atoms with Crippen molar-refractivity contribution >= 4 is 7.82 Å². The van der Waals surface area contributed by atoms with Crippen molar-refractivity contribution in [1.29, 1.82) is 0 Å². The molecule has 1 aliphatic heterocycles. The highest BCUT2D eigenvalue weighted by Gasteiger charge is 2.62. The lowest BCUT2D eigenvalue weighted by Crippen LogP contribution is -2.52. The van der Waals surface area contributed by atoms with Crippen molar-refractivity contribution in [1.82, 2.24) is 9.55 Å². The Labute approximate surface area is 225 Å². The molecule has 216 valence electrons. The Balaban J connectivity index is 1.64. The van der Waals surface area contributed by atoms with Crippen LogP contribution in [0.1, 0.15) is 6.23 Å². The van der Waals surface area contributed by atoms with Crippen molar-refractivity contribution < 1.29 is 51.3 Å². The number of hydrogen-bond donors (Lipinski definition) is 3. The summed E-state index contributed by atoms with van der Waals surface area (Å²) < 4.78 is 74.8. The molecule has 1 aliphatic rings. The molecule has 1 saturated heterocycles. The predicted octanol–water partition coefficient (Wildman–Crippen LogP) is 2.09. The van der Waals surface area contributed by atoms with Crippen molar-refractivity contribution in [2.45, 2.75) is 30.5 Å². The van der Waals surface area contributed by atoms with E-state index in [2.05, 4.69) is 0 Å². The number of halogens is 2. The Hall–Kier alpha value is -3.75. The molecule has 13 nitrogen and oxygen atoms in total. The van der Waals surface area contributed by atoms with Crippen molar-refractivity contribution in [2.75, 3.05) is 20.8 Å². The number of alkyl halides is 2. The number of aromatic amines is 1. The summed E-state index contributed by atoms with van der Waals surface area (Å²) in [6, 6.07) is 12.2. The zero-order chi connectivity index (χ0) is 29.1. The fourth-order valence-electron chi connectivity index (χ4n) is 3.80. The topological polar surface area (TPSA) is 168 Å². The number of hydrogen-bond acceptors (Lipinski definition) is 11. The van der Waals surface area contributed by atoms with Crippen LogP contribution in [0.4, 0.5) is 8.78 Å². The molecule has 1 aromatic heterocycles. The van der Waals surface area contributed by atoms with Crippen LogP contribution in [0.25, 0.3) is 0 Å². The van der Waals surface area contributed by atoms with E-state index in [4.69, 9.17) is 27.8 Å². The largest absolute Gasteiger partial charge is 0.587 e. The van der Waals surface area contributed by atoms with E-state index in [0.717, 1.165) is 12.3 Å². The van der Waals surface area contributed by atoms with Crippen molar-refractivity contribution in [3.63, 3.8) is 0 Å². The minimum Gasteiger partial charge on any atom is -0.497 e. The molecule has 0 spiro atoms. The van der Waals surface area contributed by atoms with Gasteiger partial charge in [-0.3, -0.25) is 18.9 Å². The smallest absolute Gasteiger partial charge is 0.497 e. The van der Waals surface area contributed by atoms with Gasteiger partial charge in [-0.05, 0) is 48.5 Å². The van der Waals surface area contributed by atoms with Gasteiger partial charge in [0.25, 0.3) is 12.0 Å². The summed E-state index contributed by atoms with van der Waals surface area (Å²) >= 11 is 0. The quantitative estimate of drug-likeness (QED) is 0.282. The van der Waals surface area contributed by atoms with Gasteiger partial charge in [-0.2, -0.15) is 0 Å². The molecular formula is C24H25F2N2O11P. The molecule has 4 unspecified atom stereocenters. The van der Waals surface area contributed by atoms with Gasteiger partial charge in [0.15, 0.2) is 11.8 Å². The van der Waals surface area contributed by atoms with Gasteiger partial charge in [-0.25, -0.2) is 18.1 Å². The zero-order valence-corrected chi connectivity index (χ0v) is 21.9. The van der Waals surface area contributed by atoms with Crippen molar-refractivity contribution in [2.24, 2.45) is 0 Å². The van der Waals surface area contributed by atoms with E-state index in [-0.39, 0.29) is 11.5 Å². The first-order chi connectivity index (χ1) is 19.0. The van der Waals surface area contributed by atoms with Gasteiger partial charge < -0.3 is 33.5 Å². The lowest BCUT2D eigenvalue weighted by molar-refractivity contribution is -0.193. The van der Waals surface area contributed by atoms with Crippen LogP contribution in [0.3, 0.4) is 0 Å². The third kappa shape index (κ3) is 6.03. The summed E-state index contributed by atoms with van der Waals surface area (Å²) in [5, 5.41) is 21.1. The Morgan fingerprint density at radius 3 is 1.90 bits per heavy atom. The molecular weight excluding hydrogens is 561 g/mol. The summed E-state index contributed by atoms with van der Waals surface area (Å²) in [5.41, 5.74) is -4.88. The third-order valence-electron chi connectivity index (χ3n) is 5.95. The molecule has 2 aromatic carbocycles. The number of benzene rings is 2. The molecule has 40 heavy (non-hydrogen) atoms. The maximum atomic E-state index is 14.4. The van der Waals surface area contributed by atoms with Gasteiger partial charge in [0, 0.05) is 12.3 Å². The van der Waals surface area contributed by atoms with Crippen LogP contribution in [-0.4, -0.2) is 64.8 Å². The minimum atomic E-state index is -4.80. The van der Waals surface area contributed by atoms with Crippen LogP contribution in [0.5, 0.6) is 23.0 Å². The maximum Gasteiger partial charge on any atom is 0.587 e. The van der Waals surface area contributed by atoms with Gasteiger partial charge in [-0.15, -0.1) is 0 Å². The number of H-pyrrole nitrogens is 1. The molecule has 3 N–H and O–H groups in total. The molecule has 4 atom stereocenters. The molecule has 16 heteroatoms. The first-order valence-corrected chi connectivity index (χ1v) is 13.0. The average molecular weight is 586 g/mol. The molecule has 4 rings (SSSR count). The number of ether oxygens (including phenoxy) is 3. The number of aliphatic hydroxyl groups excluding tert-OH is 2. The first kappa shape index (κ1) is 29.2. The molecule has 2 heterocycles. The van der Waals surface area contributed by atoms with Gasteiger partial charge in [0.1, 0.15) is 35.2 Å². The molecule has 3 aromatic rings. The van der Waals surface area contributed by atoms with Gasteiger partial charge in [0.2, 0.25) is 0 Å². The van der Waals surface area contributed by atoms with Crippen LogP contribution in [0, 0.1) is 0 Å². The third-order valence-corrected chi connectivity index (χ3v) is 7.27. The summed E-state index contributed by atoms with van der Waals surface area (Å²) in [4.78, 5) is 25.5. The van der Waals surface area contributed by atoms with Crippen LogP contribution in [0.2, 0.25) is 0 Å². The predicted molar refractivity (Wildman–Crippen MR) is 133 cm³/mol. The lowest BCUT2D eigenvalue weighted by Gasteiger charge is -2.31. The first-order valence-electron chi connectivity index (χ1n) is 11.6. The molecule has 0 bridgehead atoms. The van der Waals surface area contributed by atoms with Gasteiger partial charge in [-0.1, -0.05) is 0 Å². The Kier molecular flexibility index (Phi) is 8.61. The van der Waals surface area contributed by atoms with E-state index in [1.165, 1.54) is 62.8 Å². The molecule has 1 fully saturated rings. The van der Waals surface area contributed by atoms with E-state index < -0.39 is 56.1 Å². The number of methoxy groups -OCH3 is 2. The number of nitrogens with zero attached hydrogens (tertiary/aromatic N) is 1. The second kappa shape index (κ2) is 11.8. The zero-order valence-electron chi connectivity index (χ0n) is 21.0. The highest BCUT2D eigenvalue weighted by molar-refractivity contribution is 7.49. The number of aliphatic hydroxyl groups is 2.